The van der Waals surface area contributed by atoms with E-state index in [9.17, 15) is 9.59 Å². The lowest BCUT2D eigenvalue weighted by Crippen LogP contribution is -2.33. The van der Waals surface area contributed by atoms with Gasteiger partial charge in [-0.1, -0.05) is 23.7 Å². The third-order valence-corrected chi connectivity index (χ3v) is 5.25. The zero-order valence-electron chi connectivity index (χ0n) is 15.7. The van der Waals surface area contributed by atoms with E-state index < -0.39 is 0 Å². The van der Waals surface area contributed by atoms with E-state index in [2.05, 4.69) is 15.1 Å². The number of nitrogen functional groups attached to an aromatic ring is 1. The summed E-state index contributed by atoms with van der Waals surface area (Å²) in [4.78, 5) is 35.1. The minimum Gasteiger partial charge on any atom is -0.368 e. The molecule has 2 aromatic heterocycles. The van der Waals surface area contributed by atoms with Crippen molar-refractivity contribution >= 4 is 23.5 Å². The first kappa shape index (κ1) is 19.1. The van der Waals surface area contributed by atoms with Gasteiger partial charge in [-0.3, -0.25) is 9.59 Å². The van der Waals surface area contributed by atoms with Crippen LogP contribution in [0.25, 0.3) is 11.1 Å². The molecule has 1 aliphatic rings. The maximum absolute atomic E-state index is 13.1. The van der Waals surface area contributed by atoms with Gasteiger partial charge < -0.3 is 10.6 Å². The predicted octanol–water partition coefficient (Wildman–Crippen LogP) is 2.45. The normalized spacial score (nSPS) is 16.2. The van der Waals surface area contributed by atoms with E-state index >= 15 is 0 Å². The van der Waals surface area contributed by atoms with Crippen LogP contribution in [0.1, 0.15) is 35.1 Å². The number of nitrogens with two attached hydrogens (primary N) is 1. The van der Waals surface area contributed by atoms with Gasteiger partial charge in [-0.05, 0) is 36.6 Å². The van der Waals surface area contributed by atoms with Gasteiger partial charge in [0.1, 0.15) is 5.69 Å². The summed E-state index contributed by atoms with van der Waals surface area (Å²) in [5.41, 5.74) is 8.20. The van der Waals surface area contributed by atoms with E-state index in [1.807, 2.05) is 12.1 Å². The van der Waals surface area contributed by atoms with Crippen molar-refractivity contribution in [2.75, 3.05) is 12.3 Å². The second kappa shape index (κ2) is 7.63. The summed E-state index contributed by atoms with van der Waals surface area (Å²) in [5, 5.41) is 4.72. The molecule has 8 nitrogen and oxygen atoms in total. The molecule has 0 radical (unpaired) electrons. The average Bonchev–Trinajstić information content (AvgIpc) is 3.20. The van der Waals surface area contributed by atoms with Crippen LogP contribution in [0.3, 0.4) is 0 Å². The first-order valence-electron chi connectivity index (χ1n) is 9.18. The predicted molar refractivity (Wildman–Crippen MR) is 109 cm³/mol. The van der Waals surface area contributed by atoms with Crippen LogP contribution in [0, 0.1) is 0 Å². The number of rotatable bonds is 3. The number of aromatic nitrogens is 4. The third kappa shape index (κ3) is 3.71. The van der Waals surface area contributed by atoms with Crippen molar-refractivity contribution in [2.24, 2.45) is 7.05 Å². The Morgan fingerprint density at radius 2 is 1.97 bits per heavy atom. The number of amides is 1. The Hall–Kier alpha value is -3.26. The van der Waals surface area contributed by atoms with E-state index in [-0.39, 0.29) is 29.2 Å². The van der Waals surface area contributed by atoms with Crippen molar-refractivity contribution in [2.45, 2.75) is 18.9 Å². The SMILES string of the molecule is Cn1nc(C(=O)N2CCC[C@@H]2c2nc(N)ncc2-c2ccc(Cl)cc2)ccc1=O. The number of anilines is 1. The van der Waals surface area contributed by atoms with Crippen molar-refractivity contribution in [3.8, 4) is 11.1 Å². The van der Waals surface area contributed by atoms with Crippen LogP contribution in [0.4, 0.5) is 5.95 Å². The fourth-order valence-electron chi connectivity index (χ4n) is 3.57. The molecule has 1 saturated heterocycles. The van der Waals surface area contributed by atoms with E-state index in [1.165, 1.54) is 19.2 Å². The number of halogens is 1. The van der Waals surface area contributed by atoms with Gasteiger partial charge in [0.05, 0.1) is 11.7 Å². The molecule has 0 saturated carbocycles. The molecule has 3 heterocycles. The first-order valence-corrected chi connectivity index (χ1v) is 9.55. The number of nitrogens with zero attached hydrogens (tertiary/aromatic N) is 5. The standard InChI is InChI=1S/C20H19ClN6O2/c1-26-17(28)9-8-15(25-26)19(29)27-10-2-3-16(27)18-14(11-23-20(22)24-18)12-4-6-13(21)7-5-12/h4-9,11,16H,2-3,10H2,1H3,(H2,22,23,24)/t16-/m1/s1. The Bertz CT molecular complexity index is 1130. The van der Waals surface area contributed by atoms with E-state index in [0.717, 1.165) is 28.7 Å². The van der Waals surface area contributed by atoms with E-state index in [4.69, 9.17) is 17.3 Å². The van der Waals surface area contributed by atoms with E-state index in [0.29, 0.717) is 17.3 Å². The number of benzene rings is 1. The number of likely N-dealkylation sites (tertiary alicyclic amines) is 1. The summed E-state index contributed by atoms with van der Waals surface area (Å²) in [7, 11) is 1.52. The molecule has 1 aromatic carbocycles. The minimum absolute atomic E-state index is 0.150. The summed E-state index contributed by atoms with van der Waals surface area (Å²) >= 11 is 6.01. The fraction of sp³-hybridized carbons (Fsp3) is 0.250. The van der Waals surface area contributed by atoms with Gasteiger partial charge in [0.2, 0.25) is 5.95 Å². The van der Waals surface area contributed by atoms with Crippen LogP contribution in [0.2, 0.25) is 5.02 Å². The van der Waals surface area contributed by atoms with Crippen molar-refractivity contribution in [1.82, 2.24) is 24.6 Å². The van der Waals surface area contributed by atoms with Gasteiger partial charge >= 0.3 is 0 Å². The molecule has 0 spiro atoms. The Morgan fingerprint density at radius 1 is 1.21 bits per heavy atom. The van der Waals surface area contributed by atoms with Crippen LogP contribution in [0.5, 0.6) is 0 Å². The van der Waals surface area contributed by atoms with Crippen molar-refractivity contribution in [3.05, 3.63) is 69.4 Å². The highest BCUT2D eigenvalue weighted by Crippen LogP contribution is 2.37. The molecule has 4 rings (SSSR count). The molecule has 0 bridgehead atoms. The van der Waals surface area contributed by atoms with Crippen molar-refractivity contribution in [3.63, 3.8) is 0 Å². The van der Waals surface area contributed by atoms with Gasteiger partial charge in [-0.2, -0.15) is 5.10 Å². The van der Waals surface area contributed by atoms with Crippen LogP contribution in [0.15, 0.2) is 47.4 Å². The van der Waals surface area contributed by atoms with Gasteiger partial charge in [0.25, 0.3) is 11.5 Å². The Labute approximate surface area is 172 Å². The van der Waals surface area contributed by atoms with Gasteiger partial charge in [-0.25, -0.2) is 14.6 Å². The summed E-state index contributed by atoms with van der Waals surface area (Å²) in [6, 6.07) is 9.89. The first-order chi connectivity index (χ1) is 13.9. The molecule has 0 aliphatic carbocycles. The molecular weight excluding hydrogens is 392 g/mol. The summed E-state index contributed by atoms with van der Waals surface area (Å²) in [6.07, 6.45) is 3.24. The van der Waals surface area contributed by atoms with Crippen LogP contribution in [-0.2, 0) is 7.05 Å². The third-order valence-electron chi connectivity index (χ3n) is 5.00. The number of hydrogen-bond donors (Lipinski definition) is 1. The smallest absolute Gasteiger partial charge is 0.274 e. The topological polar surface area (TPSA) is 107 Å². The maximum Gasteiger partial charge on any atom is 0.274 e. The molecular formula is C20H19ClN6O2. The molecule has 1 fully saturated rings. The Balaban J connectivity index is 1.74. The average molecular weight is 411 g/mol. The van der Waals surface area contributed by atoms with Gasteiger partial charge in [0, 0.05) is 36.4 Å². The Kier molecular flexibility index (Phi) is 5.02. The quantitative estimate of drug-likeness (QED) is 0.710. The zero-order chi connectivity index (χ0) is 20.5. The number of hydrogen-bond acceptors (Lipinski definition) is 6. The van der Waals surface area contributed by atoms with Gasteiger partial charge in [-0.15, -0.1) is 0 Å². The zero-order valence-corrected chi connectivity index (χ0v) is 16.5. The lowest BCUT2D eigenvalue weighted by molar-refractivity contribution is 0.0724. The monoisotopic (exact) mass is 410 g/mol. The minimum atomic E-state index is -0.270. The maximum atomic E-state index is 13.1. The number of carbonyl (C=O) groups excluding carboxylic acids is 1. The molecule has 0 unspecified atom stereocenters. The molecule has 29 heavy (non-hydrogen) atoms. The highest BCUT2D eigenvalue weighted by molar-refractivity contribution is 6.30. The van der Waals surface area contributed by atoms with E-state index in [1.54, 1.807) is 23.2 Å². The second-order valence-electron chi connectivity index (χ2n) is 6.87. The molecule has 3 aromatic rings. The van der Waals surface area contributed by atoms with Crippen LogP contribution >= 0.6 is 11.6 Å². The highest BCUT2D eigenvalue weighted by atomic mass is 35.5. The summed E-state index contributed by atoms with van der Waals surface area (Å²) in [5.74, 6) is -0.0976. The molecule has 9 heteroatoms. The summed E-state index contributed by atoms with van der Waals surface area (Å²) < 4.78 is 1.15. The Morgan fingerprint density at radius 3 is 2.69 bits per heavy atom. The lowest BCUT2D eigenvalue weighted by Gasteiger charge is -2.25. The highest BCUT2D eigenvalue weighted by Gasteiger charge is 2.34. The molecule has 148 valence electrons. The largest absolute Gasteiger partial charge is 0.368 e. The molecule has 1 amide bonds. The summed E-state index contributed by atoms with van der Waals surface area (Å²) in [6.45, 7) is 0.567. The molecule has 1 aliphatic heterocycles. The van der Waals surface area contributed by atoms with Gasteiger partial charge in [0.15, 0.2) is 0 Å². The lowest BCUT2D eigenvalue weighted by atomic mass is 10.00. The second-order valence-corrected chi connectivity index (χ2v) is 7.31. The van der Waals surface area contributed by atoms with Crippen molar-refractivity contribution in [1.29, 1.82) is 0 Å². The number of aryl methyl sites for hydroxylation is 1. The van der Waals surface area contributed by atoms with Crippen LogP contribution in [-0.4, -0.2) is 37.1 Å². The number of carbonyl (C=O) groups is 1. The van der Waals surface area contributed by atoms with Crippen LogP contribution < -0.4 is 11.3 Å². The molecule has 1 atom stereocenters. The van der Waals surface area contributed by atoms with Crippen molar-refractivity contribution < 1.29 is 4.79 Å². The fourth-order valence-corrected chi connectivity index (χ4v) is 3.70. The molecule has 2 N–H and O–H groups in total.